The van der Waals surface area contributed by atoms with E-state index in [4.69, 9.17) is 9.97 Å². The van der Waals surface area contributed by atoms with Crippen LogP contribution in [-0.2, 0) is 49.8 Å². The zero-order chi connectivity index (χ0) is 56.0. The van der Waals surface area contributed by atoms with Crippen molar-refractivity contribution in [1.82, 2.24) is 9.97 Å². The van der Waals surface area contributed by atoms with E-state index >= 15 is 0 Å². The van der Waals surface area contributed by atoms with E-state index < -0.39 is 0 Å². The molecule has 0 aliphatic heterocycles. The molecule has 2 fully saturated rings. The van der Waals surface area contributed by atoms with Gasteiger partial charge in [-0.05, 0) is 124 Å². The minimum Gasteiger partial charge on any atom is -0.512 e. The Morgan fingerprint density at radius 1 is 0.481 bits per heavy atom. The molecule has 2 heterocycles. The maximum Gasteiger partial charge on any atom is 0.162 e. The van der Waals surface area contributed by atoms with Crippen LogP contribution in [0.4, 0.5) is 0 Å². The van der Waals surface area contributed by atoms with Gasteiger partial charge in [-0.25, -0.2) is 0 Å². The van der Waals surface area contributed by atoms with Crippen LogP contribution in [0.25, 0.3) is 44.3 Å². The van der Waals surface area contributed by atoms with Gasteiger partial charge in [0.1, 0.15) is 0 Å². The number of benzene rings is 4. The van der Waals surface area contributed by atoms with Crippen LogP contribution in [-0.4, -0.2) is 31.7 Å². The molecule has 79 heavy (non-hydrogen) atoms. The van der Waals surface area contributed by atoms with Crippen LogP contribution in [0.15, 0.2) is 109 Å². The van der Waals surface area contributed by atoms with Crippen molar-refractivity contribution in [3.05, 3.63) is 154 Å². The van der Waals surface area contributed by atoms with E-state index in [2.05, 4.69) is 125 Å². The fourth-order valence-corrected chi connectivity index (χ4v) is 11.3. The third-order valence-corrected chi connectivity index (χ3v) is 16.4. The van der Waals surface area contributed by atoms with E-state index in [1.807, 2.05) is 55.4 Å². The number of rotatable bonds is 18. The first kappa shape index (κ1) is 68.7. The van der Waals surface area contributed by atoms with Gasteiger partial charge in [0.05, 0.1) is 22.6 Å². The number of hydrogen-bond acceptors (Lipinski definition) is 6. The predicted molar refractivity (Wildman–Crippen MR) is 326 cm³/mol. The number of aromatic nitrogens is 2. The second-order valence-corrected chi connectivity index (χ2v) is 22.0. The van der Waals surface area contributed by atoms with Gasteiger partial charge in [-0.1, -0.05) is 164 Å². The summed E-state index contributed by atoms with van der Waals surface area (Å²) in [6, 6.07) is 37.6. The first-order valence-corrected chi connectivity index (χ1v) is 29.8. The molecule has 0 spiro atoms. The maximum absolute atomic E-state index is 11.7. The number of carbonyl (C=O) groups excluding carboxylic acids is 2. The van der Waals surface area contributed by atoms with Crippen LogP contribution < -0.4 is 0 Å². The van der Waals surface area contributed by atoms with Crippen molar-refractivity contribution in [3.63, 3.8) is 0 Å². The number of aliphatic hydroxyl groups excluding tert-OH is 2. The molecular formula is C71H94Ir2N2O4-2. The second-order valence-electron chi connectivity index (χ2n) is 22.0. The minimum absolute atomic E-state index is 0. The Morgan fingerprint density at radius 3 is 1.13 bits per heavy atom. The number of aryl methyl sites for hydroxylation is 4. The van der Waals surface area contributed by atoms with Gasteiger partial charge in [0.2, 0.25) is 0 Å². The molecule has 0 bridgehead atoms. The molecule has 2 aliphatic rings. The summed E-state index contributed by atoms with van der Waals surface area (Å²) in [7, 11) is 0. The first-order chi connectivity index (χ1) is 37.1. The summed E-state index contributed by atoms with van der Waals surface area (Å²) >= 11 is 0. The third kappa shape index (κ3) is 20.1. The van der Waals surface area contributed by atoms with E-state index in [-0.39, 0.29) is 87.0 Å². The second kappa shape index (κ2) is 35.3. The van der Waals surface area contributed by atoms with Gasteiger partial charge in [0, 0.05) is 86.8 Å². The fraction of sp³-hybridized carbons (Fsp3) is 0.493. The molecule has 2 aromatic heterocycles. The Morgan fingerprint density at radius 2 is 0.823 bits per heavy atom. The minimum atomic E-state index is 0. The Kier molecular flexibility index (Phi) is 30.7. The third-order valence-electron chi connectivity index (χ3n) is 16.4. The molecule has 0 unspecified atom stereocenters. The predicted octanol–water partition coefficient (Wildman–Crippen LogP) is 20.1. The fourth-order valence-electron chi connectivity index (χ4n) is 11.3. The Labute approximate surface area is 504 Å². The summed E-state index contributed by atoms with van der Waals surface area (Å²) < 4.78 is 0. The van der Waals surface area contributed by atoms with Crippen molar-refractivity contribution in [3.8, 4) is 22.5 Å². The van der Waals surface area contributed by atoms with Gasteiger partial charge in [-0.2, -0.15) is 0 Å². The molecule has 2 aliphatic carbocycles. The van der Waals surface area contributed by atoms with Gasteiger partial charge in [-0.3, -0.25) is 19.6 Å². The number of hydrogen-bond donors (Lipinski definition) is 2. The van der Waals surface area contributed by atoms with Crippen LogP contribution in [0.2, 0.25) is 0 Å². The van der Waals surface area contributed by atoms with E-state index in [9.17, 15) is 19.8 Å². The summed E-state index contributed by atoms with van der Waals surface area (Å²) in [5, 5.41) is 22.2. The molecule has 0 atom stereocenters. The summed E-state index contributed by atoms with van der Waals surface area (Å²) in [6.07, 6.45) is 22.0. The summed E-state index contributed by atoms with van der Waals surface area (Å²) in [5.41, 5.74) is 14.3. The molecule has 6 aromatic rings. The molecule has 8 heteroatoms. The smallest absolute Gasteiger partial charge is 0.162 e. The molecule has 8 rings (SSSR count). The van der Waals surface area contributed by atoms with Gasteiger partial charge in [-0.15, -0.1) is 69.8 Å². The number of nitrogens with zero attached hydrogens (tertiary/aromatic N) is 2. The topological polar surface area (TPSA) is 100 Å². The SMILES string of the molecule is CCC(CC)C(=O)C=C(O)C(CC)CC.CCC(CC)C(=O)C=C(O)C(CC)CC.Cc1[c-]c(-c2ccc3c(C4CCC4)cccc3n2)cc(C)c1.Cc1[c-]c(-c2ccc3c(C4CCCCCC4)cccc3n2)cc(C)c1.[Ir].[Ir]. The van der Waals surface area contributed by atoms with Crippen LogP contribution >= 0.6 is 0 Å². The molecule has 6 nitrogen and oxygen atoms in total. The van der Waals surface area contributed by atoms with Gasteiger partial charge >= 0.3 is 0 Å². The van der Waals surface area contributed by atoms with Crippen molar-refractivity contribution in [1.29, 1.82) is 0 Å². The monoisotopic (exact) mass is 1420 g/mol. The van der Waals surface area contributed by atoms with Crippen LogP contribution in [0, 0.1) is 63.5 Å². The normalized spacial score (nSPS) is 14.0. The quantitative estimate of drug-likeness (QED) is 0.0385. The van der Waals surface area contributed by atoms with Gasteiger partial charge in [0.15, 0.2) is 11.6 Å². The molecule has 4 aromatic carbocycles. The molecule has 2 N–H and O–H groups in total. The molecule has 0 saturated heterocycles. The van der Waals surface area contributed by atoms with E-state index in [1.165, 1.54) is 114 Å². The van der Waals surface area contributed by atoms with Crippen LogP contribution in [0.1, 0.15) is 210 Å². The number of allylic oxidation sites excluding steroid dienone is 4. The molecule has 0 amide bonds. The number of fused-ring (bicyclic) bond motifs is 2. The average molecular weight is 1420 g/mol. The van der Waals surface area contributed by atoms with Crippen LogP contribution in [0.3, 0.4) is 0 Å². The number of aliphatic hydroxyl groups is 2. The van der Waals surface area contributed by atoms with E-state index in [1.54, 1.807) is 0 Å². The summed E-state index contributed by atoms with van der Waals surface area (Å²) in [5.74, 6) is 2.54. The van der Waals surface area contributed by atoms with Crippen molar-refractivity contribution >= 4 is 33.4 Å². The Balaban J connectivity index is 0.000000282. The number of pyridine rings is 2. The number of ketones is 2. The zero-order valence-corrected chi connectivity index (χ0v) is 54.8. The number of carbonyl (C=O) groups is 2. The Bertz CT molecular complexity index is 2790. The zero-order valence-electron chi connectivity index (χ0n) is 50.0. The van der Waals surface area contributed by atoms with E-state index in [0.29, 0.717) is 5.92 Å². The molecular weight excluding hydrogens is 1330 g/mol. The largest absolute Gasteiger partial charge is 0.512 e. The Hall–Kier alpha value is -4.58. The molecule has 2 saturated carbocycles. The summed E-state index contributed by atoms with van der Waals surface area (Å²) in [6.45, 7) is 24.6. The van der Waals surface area contributed by atoms with Crippen molar-refractivity contribution in [2.75, 3.05) is 0 Å². The average Bonchev–Trinajstić information content (AvgIpc) is 3.69. The first-order valence-electron chi connectivity index (χ1n) is 29.8. The van der Waals surface area contributed by atoms with Crippen LogP contribution in [0.5, 0.6) is 0 Å². The van der Waals surface area contributed by atoms with Gasteiger partial charge < -0.3 is 10.2 Å². The standard InChI is InChI=1S/C24H26N.C21H20N.2C13H24O2.2Ir/c1-17-14-18(2)16-20(15-17)23-13-12-22-21(10-7-11-24(22)25-23)19-8-5-3-4-6-9-19;1-14-11-15(2)13-17(12-14)20-10-9-19-18(16-5-3-6-16)7-4-8-21(19)22-20;2*1-5-10(6-2)12(14)9-13(15)11(7-3)8-4;;/h7,10-15,19H,3-6,8-9H2,1-2H3;4,7-12,16H,3,5-6H2,1-2H3;2*9-11,14H,5-8H2,1-4H3;;/q2*-1;;;;. The van der Waals surface area contributed by atoms with Gasteiger partial charge in [0.25, 0.3) is 0 Å². The molecule has 2 radical (unpaired) electrons. The van der Waals surface area contributed by atoms with Crippen molar-refractivity contribution in [2.24, 2.45) is 23.7 Å². The maximum atomic E-state index is 11.7. The van der Waals surface area contributed by atoms with Crippen molar-refractivity contribution < 1.29 is 60.0 Å². The van der Waals surface area contributed by atoms with Crippen molar-refractivity contribution in [2.45, 2.75) is 204 Å². The van der Waals surface area contributed by atoms with E-state index in [0.717, 1.165) is 90.8 Å². The summed E-state index contributed by atoms with van der Waals surface area (Å²) in [4.78, 5) is 33.3. The molecule has 432 valence electrons.